The molecule has 0 N–H and O–H groups in total. The standard InChI is InChI=1S/C21H25ClN6O3/c1-4-5-7-28-21(29)20(22)17(10-25-28)27-8-6-15(11-27)30-18-9-16(23-12-24-18)19-13(2)26-31-14(19)3/h9-10,12,15H,4-8,11H2,1-3H3/t15-/m1/s1. The fraction of sp³-hybridized carbons (Fsp3) is 0.476. The number of hydrogen-bond acceptors (Lipinski definition) is 8. The summed E-state index contributed by atoms with van der Waals surface area (Å²) >= 11 is 6.38. The number of nitrogens with zero attached hydrogens (tertiary/aromatic N) is 6. The van der Waals surface area contributed by atoms with E-state index >= 15 is 0 Å². The van der Waals surface area contributed by atoms with Crippen molar-refractivity contribution in [2.75, 3.05) is 18.0 Å². The summed E-state index contributed by atoms with van der Waals surface area (Å²) in [6, 6.07) is 1.79. The zero-order valence-corrected chi connectivity index (χ0v) is 18.6. The lowest BCUT2D eigenvalue weighted by molar-refractivity contribution is 0.215. The fourth-order valence-electron chi connectivity index (χ4n) is 3.75. The summed E-state index contributed by atoms with van der Waals surface area (Å²) in [5.74, 6) is 1.18. The molecule has 1 saturated heterocycles. The van der Waals surface area contributed by atoms with Gasteiger partial charge in [-0.2, -0.15) is 5.10 Å². The number of halogens is 1. The Bertz CT molecular complexity index is 1110. The summed E-state index contributed by atoms with van der Waals surface area (Å²) in [6.07, 6.45) is 5.70. The summed E-state index contributed by atoms with van der Waals surface area (Å²) in [4.78, 5) is 23.1. The van der Waals surface area contributed by atoms with Crippen molar-refractivity contribution in [3.8, 4) is 17.1 Å². The molecule has 0 radical (unpaired) electrons. The third kappa shape index (κ3) is 4.41. The molecule has 4 rings (SSSR count). The summed E-state index contributed by atoms with van der Waals surface area (Å²) in [7, 11) is 0. The van der Waals surface area contributed by atoms with E-state index in [2.05, 4.69) is 27.1 Å². The molecule has 1 aliphatic rings. The van der Waals surface area contributed by atoms with Gasteiger partial charge in [-0.3, -0.25) is 4.79 Å². The van der Waals surface area contributed by atoms with Gasteiger partial charge in [0.1, 0.15) is 23.2 Å². The highest BCUT2D eigenvalue weighted by Crippen LogP contribution is 2.29. The monoisotopic (exact) mass is 444 g/mol. The molecule has 3 aromatic heterocycles. The minimum Gasteiger partial charge on any atom is -0.472 e. The van der Waals surface area contributed by atoms with E-state index in [0.717, 1.165) is 30.5 Å². The third-order valence-corrected chi connectivity index (χ3v) is 5.75. The number of ether oxygens (including phenoxy) is 1. The first-order valence-corrected chi connectivity index (χ1v) is 10.8. The highest BCUT2D eigenvalue weighted by atomic mass is 35.5. The van der Waals surface area contributed by atoms with Crippen LogP contribution in [0.3, 0.4) is 0 Å². The quantitative estimate of drug-likeness (QED) is 0.546. The van der Waals surface area contributed by atoms with Crippen LogP contribution in [0.15, 0.2) is 27.9 Å². The highest BCUT2D eigenvalue weighted by molar-refractivity contribution is 6.33. The van der Waals surface area contributed by atoms with Crippen molar-refractivity contribution in [3.63, 3.8) is 0 Å². The molecule has 9 nitrogen and oxygen atoms in total. The molecule has 0 bridgehead atoms. The van der Waals surface area contributed by atoms with Gasteiger partial charge >= 0.3 is 0 Å². The normalized spacial score (nSPS) is 16.1. The van der Waals surface area contributed by atoms with Crippen LogP contribution in [0.4, 0.5) is 5.69 Å². The number of anilines is 1. The van der Waals surface area contributed by atoms with Crippen molar-refractivity contribution in [2.24, 2.45) is 0 Å². The molecule has 10 heteroatoms. The number of rotatable bonds is 7. The van der Waals surface area contributed by atoms with Crippen LogP contribution in [0.2, 0.25) is 5.02 Å². The van der Waals surface area contributed by atoms with Gasteiger partial charge in [-0.25, -0.2) is 14.6 Å². The van der Waals surface area contributed by atoms with E-state index in [1.54, 1.807) is 12.3 Å². The topological polar surface area (TPSA) is 99.2 Å². The molecule has 1 atom stereocenters. The van der Waals surface area contributed by atoms with Crippen LogP contribution >= 0.6 is 11.6 Å². The Balaban J connectivity index is 1.46. The van der Waals surface area contributed by atoms with E-state index in [0.29, 0.717) is 42.7 Å². The van der Waals surface area contributed by atoms with Crippen molar-refractivity contribution in [1.82, 2.24) is 24.9 Å². The van der Waals surface area contributed by atoms with E-state index in [1.807, 2.05) is 18.7 Å². The second-order valence-electron chi connectivity index (χ2n) is 7.64. The number of hydrogen-bond donors (Lipinski definition) is 0. The van der Waals surface area contributed by atoms with Crippen molar-refractivity contribution < 1.29 is 9.26 Å². The largest absolute Gasteiger partial charge is 0.472 e. The molecule has 31 heavy (non-hydrogen) atoms. The zero-order chi connectivity index (χ0) is 22.0. The van der Waals surface area contributed by atoms with Crippen molar-refractivity contribution >= 4 is 17.3 Å². The van der Waals surface area contributed by atoms with Crippen LogP contribution in [0.5, 0.6) is 5.88 Å². The number of aryl methyl sites for hydroxylation is 3. The Hall–Kier alpha value is -2.94. The minimum absolute atomic E-state index is 0.0917. The Morgan fingerprint density at radius 1 is 1.32 bits per heavy atom. The van der Waals surface area contributed by atoms with E-state index in [1.165, 1.54) is 11.0 Å². The first-order valence-electron chi connectivity index (χ1n) is 10.4. The molecule has 0 aromatic carbocycles. The first-order chi connectivity index (χ1) is 15.0. The molecular weight excluding hydrogens is 420 g/mol. The first kappa shape index (κ1) is 21.3. The summed E-state index contributed by atoms with van der Waals surface area (Å²) < 4.78 is 12.8. The molecule has 0 spiro atoms. The van der Waals surface area contributed by atoms with Gasteiger partial charge in [0.15, 0.2) is 0 Å². The fourth-order valence-corrected chi connectivity index (χ4v) is 4.01. The van der Waals surface area contributed by atoms with Crippen LogP contribution in [-0.2, 0) is 6.54 Å². The average Bonchev–Trinajstić information content (AvgIpc) is 3.35. The molecule has 0 saturated carbocycles. The summed E-state index contributed by atoms with van der Waals surface area (Å²) in [5, 5.41) is 8.47. The van der Waals surface area contributed by atoms with Gasteiger partial charge in [-0.1, -0.05) is 30.1 Å². The Labute approximate surface area is 185 Å². The van der Waals surface area contributed by atoms with E-state index < -0.39 is 0 Å². The zero-order valence-electron chi connectivity index (χ0n) is 17.8. The summed E-state index contributed by atoms with van der Waals surface area (Å²) in [5.41, 5.74) is 2.72. The van der Waals surface area contributed by atoms with Crippen LogP contribution in [0.1, 0.15) is 37.6 Å². The van der Waals surface area contributed by atoms with E-state index in [-0.39, 0.29) is 16.7 Å². The molecule has 3 aromatic rings. The molecule has 1 aliphatic heterocycles. The average molecular weight is 445 g/mol. The second kappa shape index (κ2) is 9.05. The van der Waals surface area contributed by atoms with Crippen molar-refractivity contribution in [1.29, 1.82) is 0 Å². The molecule has 0 aliphatic carbocycles. The lowest BCUT2D eigenvalue weighted by Crippen LogP contribution is -2.29. The maximum Gasteiger partial charge on any atom is 0.287 e. The maximum absolute atomic E-state index is 12.5. The second-order valence-corrected chi connectivity index (χ2v) is 8.02. The van der Waals surface area contributed by atoms with Gasteiger partial charge in [0.2, 0.25) is 5.88 Å². The van der Waals surface area contributed by atoms with E-state index in [9.17, 15) is 4.79 Å². The predicted molar refractivity (Wildman–Crippen MR) is 117 cm³/mol. The van der Waals surface area contributed by atoms with Gasteiger partial charge in [-0.15, -0.1) is 0 Å². The molecule has 0 amide bonds. The van der Waals surface area contributed by atoms with Crippen LogP contribution in [0, 0.1) is 13.8 Å². The SMILES string of the molecule is CCCCn1ncc(N2CC[C@@H](Oc3cc(-c4c(C)noc4C)ncn3)C2)c(Cl)c1=O. The van der Waals surface area contributed by atoms with Gasteiger partial charge in [0.25, 0.3) is 5.56 Å². The Kier molecular flexibility index (Phi) is 6.22. The van der Waals surface area contributed by atoms with Crippen LogP contribution < -0.4 is 15.2 Å². The third-order valence-electron chi connectivity index (χ3n) is 5.39. The van der Waals surface area contributed by atoms with Crippen molar-refractivity contribution in [3.05, 3.63) is 45.4 Å². The molecular formula is C21H25ClN6O3. The van der Waals surface area contributed by atoms with Gasteiger partial charge < -0.3 is 14.2 Å². The lowest BCUT2D eigenvalue weighted by atomic mass is 10.1. The van der Waals surface area contributed by atoms with Gasteiger partial charge in [0, 0.05) is 25.6 Å². The number of aromatic nitrogens is 5. The molecule has 4 heterocycles. The lowest BCUT2D eigenvalue weighted by Gasteiger charge is -2.20. The molecule has 1 fully saturated rings. The summed E-state index contributed by atoms with van der Waals surface area (Å²) in [6.45, 7) is 7.66. The van der Waals surface area contributed by atoms with Gasteiger partial charge in [0.05, 0.1) is 35.4 Å². The molecule has 164 valence electrons. The smallest absolute Gasteiger partial charge is 0.287 e. The minimum atomic E-state index is -0.253. The highest BCUT2D eigenvalue weighted by Gasteiger charge is 2.27. The van der Waals surface area contributed by atoms with E-state index in [4.69, 9.17) is 20.9 Å². The van der Waals surface area contributed by atoms with Crippen LogP contribution in [-0.4, -0.2) is 44.1 Å². The van der Waals surface area contributed by atoms with Gasteiger partial charge in [-0.05, 0) is 20.3 Å². The predicted octanol–water partition coefficient (Wildman–Crippen LogP) is 3.42. The maximum atomic E-state index is 12.5. The van der Waals surface area contributed by atoms with Crippen LogP contribution in [0.25, 0.3) is 11.3 Å². The Morgan fingerprint density at radius 3 is 2.90 bits per heavy atom. The number of unbranched alkanes of at least 4 members (excludes halogenated alkanes) is 1. The van der Waals surface area contributed by atoms with Crippen molar-refractivity contribution in [2.45, 2.75) is 52.7 Å². The Morgan fingerprint density at radius 2 is 2.16 bits per heavy atom. The molecule has 0 unspecified atom stereocenters.